The molecule has 2 aromatic heterocycles. The Kier molecular flexibility index (Phi) is 5.26. The van der Waals surface area contributed by atoms with Gasteiger partial charge in [-0.05, 0) is 35.4 Å². The van der Waals surface area contributed by atoms with Crippen LogP contribution >= 0.6 is 15.9 Å². The first-order valence-corrected chi connectivity index (χ1v) is 10.9. The highest BCUT2D eigenvalue weighted by Gasteiger charge is 2.19. The van der Waals surface area contributed by atoms with Gasteiger partial charge in [-0.1, -0.05) is 76.6 Å². The molecular formula is C26H21BrN4. The van der Waals surface area contributed by atoms with Gasteiger partial charge in [-0.15, -0.1) is 0 Å². The molecule has 5 heteroatoms. The van der Waals surface area contributed by atoms with Gasteiger partial charge in [0, 0.05) is 35.5 Å². The SMILES string of the molecule is CN(Cc1ccccc1)c1ncnc2c1c(-c1ccccc1)cn2-c1ccc(Br)cc1. The number of halogens is 1. The van der Waals surface area contributed by atoms with E-state index in [9.17, 15) is 0 Å². The Labute approximate surface area is 190 Å². The van der Waals surface area contributed by atoms with E-state index >= 15 is 0 Å². The second-order valence-electron chi connectivity index (χ2n) is 7.49. The molecule has 0 saturated carbocycles. The summed E-state index contributed by atoms with van der Waals surface area (Å²) < 4.78 is 3.19. The monoisotopic (exact) mass is 468 g/mol. The van der Waals surface area contributed by atoms with Gasteiger partial charge in [0.2, 0.25) is 0 Å². The number of hydrogen-bond donors (Lipinski definition) is 0. The summed E-state index contributed by atoms with van der Waals surface area (Å²) in [5, 5.41) is 1.05. The van der Waals surface area contributed by atoms with Crippen molar-refractivity contribution in [1.82, 2.24) is 14.5 Å². The van der Waals surface area contributed by atoms with Crippen LogP contribution in [0.5, 0.6) is 0 Å². The molecule has 0 atom stereocenters. The molecule has 0 radical (unpaired) electrons. The topological polar surface area (TPSA) is 34.0 Å². The number of hydrogen-bond acceptors (Lipinski definition) is 3. The molecule has 31 heavy (non-hydrogen) atoms. The minimum atomic E-state index is 0.768. The van der Waals surface area contributed by atoms with Crippen molar-refractivity contribution < 1.29 is 0 Å². The van der Waals surface area contributed by atoms with E-state index in [0.29, 0.717) is 0 Å². The minimum absolute atomic E-state index is 0.768. The van der Waals surface area contributed by atoms with E-state index < -0.39 is 0 Å². The maximum Gasteiger partial charge on any atom is 0.150 e. The lowest BCUT2D eigenvalue weighted by atomic mass is 10.1. The summed E-state index contributed by atoms with van der Waals surface area (Å²) in [6, 6.07) is 29.2. The zero-order valence-corrected chi connectivity index (χ0v) is 18.7. The van der Waals surface area contributed by atoms with Gasteiger partial charge in [-0.3, -0.25) is 0 Å². The average Bonchev–Trinajstić information content (AvgIpc) is 3.21. The summed E-state index contributed by atoms with van der Waals surface area (Å²) >= 11 is 3.53. The molecule has 5 rings (SSSR count). The van der Waals surface area contributed by atoms with Crippen molar-refractivity contribution in [2.24, 2.45) is 0 Å². The lowest BCUT2D eigenvalue weighted by molar-refractivity contribution is 0.899. The Bertz CT molecular complexity index is 1310. The average molecular weight is 469 g/mol. The van der Waals surface area contributed by atoms with Gasteiger partial charge in [0.1, 0.15) is 12.1 Å². The highest BCUT2D eigenvalue weighted by atomic mass is 79.9. The molecule has 4 nitrogen and oxygen atoms in total. The van der Waals surface area contributed by atoms with E-state index in [0.717, 1.165) is 44.7 Å². The van der Waals surface area contributed by atoms with Gasteiger partial charge < -0.3 is 9.47 Å². The maximum atomic E-state index is 4.70. The van der Waals surface area contributed by atoms with Gasteiger partial charge in [0.05, 0.1) is 5.39 Å². The first kappa shape index (κ1) is 19.5. The molecule has 0 aliphatic carbocycles. The number of rotatable bonds is 5. The second kappa shape index (κ2) is 8.36. The Hall–Kier alpha value is -3.44. The molecule has 2 heterocycles. The summed E-state index contributed by atoms with van der Waals surface area (Å²) in [5.41, 5.74) is 5.46. The van der Waals surface area contributed by atoms with Crippen LogP contribution in [0, 0.1) is 0 Å². The summed E-state index contributed by atoms with van der Waals surface area (Å²) in [4.78, 5) is 11.6. The van der Waals surface area contributed by atoms with Gasteiger partial charge in [-0.2, -0.15) is 0 Å². The molecule has 0 spiro atoms. The van der Waals surface area contributed by atoms with Gasteiger partial charge >= 0.3 is 0 Å². The number of anilines is 1. The van der Waals surface area contributed by atoms with Gasteiger partial charge in [-0.25, -0.2) is 9.97 Å². The largest absolute Gasteiger partial charge is 0.355 e. The van der Waals surface area contributed by atoms with Crippen molar-refractivity contribution in [2.75, 3.05) is 11.9 Å². The second-order valence-corrected chi connectivity index (χ2v) is 8.41. The number of nitrogens with zero attached hydrogens (tertiary/aromatic N) is 4. The molecule has 0 aliphatic rings. The summed E-state index contributed by atoms with van der Waals surface area (Å²) in [5.74, 6) is 0.920. The number of aromatic nitrogens is 3. The maximum absolute atomic E-state index is 4.70. The van der Waals surface area contributed by atoms with Crippen LogP contribution in [0.3, 0.4) is 0 Å². The third-order valence-electron chi connectivity index (χ3n) is 5.38. The van der Waals surface area contributed by atoms with E-state index in [-0.39, 0.29) is 0 Å². The molecule has 152 valence electrons. The molecule has 5 aromatic rings. The zero-order valence-electron chi connectivity index (χ0n) is 17.1. The number of fused-ring (bicyclic) bond motifs is 1. The predicted molar refractivity (Wildman–Crippen MR) is 131 cm³/mol. The fraction of sp³-hybridized carbons (Fsp3) is 0.0769. The van der Waals surface area contributed by atoms with Crippen molar-refractivity contribution in [3.05, 3.63) is 107 Å². The number of benzene rings is 3. The molecule has 0 unspecified atom stereocenters. The molecule has 0 fully saturated rings. The smallest absolute Gasteiger partial charge is 0.150 e. The van der Waals surface area contributed by atoms with E-state index in [4.69, 9.17) is 4.98 Å². The van der Waals surface area contributed by atoms with Crippen LogP contribution in [-0.4, -0.2) is 21.6 Å². The van der Waals surface area contributed by atoms with Gasteiger partial charge in [0.15, 0.2) is 5.65 Å². The molecule has 0 saturated heterocycles. The highest BCUT2D eigenvalue weighted by molar-refractivity contribution is 9.10. The van der Waals surface area contributed by atoms with Crippen molar-refractivity contribution >= 4 is 32.8 Å². The van der Waals surface area contributed by atoms with Crippen molar-refractivity contribution in [3.8, 4) is 16.8 Å². The molecule has 0 bridgehead atoms. The third-order valence-corrected chi connectivity index (χ3v) is 5.91. The fourth-order valence-corrected chi connectivity index (χ4v) is 4.17. The van der Waals surface area contributed by atoms with E-state index in [2.05, 4.69) is 104 Å². The molecule has 3 aromatic carbocycles. The summed E-state index contributed by atoms with van der Waals surface area (Å²) in [6.07, 6.45) is 3.82. The highest BCUT2D eigenvalue weighted by Crippen LogP contribution is 2.36. The van der Waals surface area contributed by atoms with E-state index in [1.807, 2.05) is 24.3 Å². The molecule has 0 N–H and O–H groups in total. The summed E-state index contributed by atoms with van der Waals surface area (Å²) in [6.45, 7) is 0.768. The van der Waals surface area contributed by atoms with Crippen LogP contribution in [0.15, 0.2) is 102 Å². The third kappa shape index (κ3) is 3.84. The summed E-state index contributed by atoms with van der Waals surface area (Å²) in [7, 11) is 2.08. The van der Waals surface area contributed by atoms with Crippen LogP contribution in [0.2, 0.25) is 0 Å². The Morgan fingerprint density at radius 3 is 2.23 bits per heavy atom. The minimum Gasteiger partial charge on any atom is -0.355 e. The van der Waals surface area contributed by atoms with E-state index in [1.165, 1.54) is 5.56 Å². The first-order valence-electron chi connectivity index (χ1n) is 10.1. The molecule has 0 amide bonds. The quantitative estimate of drug-likeness (QED) is 0.295. The predicted octanol–water partition coefficient (Wildman–Crippen LogP) is 6.49. The standard InChI is InChI=1S/C26H21BrN4/c1-30(16-19-8-4-2-5-9-19)25-24-23(20-10-6-3-7-11-20)17-31(26(24)29-18-28-25)22-14-12-21(27)13-15-22/h2-15,17-18H,16H2,1H3. The van der Waals surface area contributed by atoms with Crippen LogP contribution < -0.4 is 4.90 Å². The lowest BCUT2D eigenvalue weighted by Gasteiger charge is -2.19. The first-order chi connectivity index (χ1) is 15.2. The van der Waals surface area contributed by atoms with Crippen molar-refractivity contribution in [1.29, 1.82) is 0 Å². The Morgan fingerprint density at radius 2 is 1.52 bits per heavy atom. The Balaban J connectivity index is 1.71. The van der Waals surface area contributed by atoms with Crippen molar-refractivity contribution in [2.45, 2.75) is 6.54 Å². The van der Waals surface area contributed by atoms with Crippen LogP contribution in [-0.2, 0) is 6.54 Å². The zero-order chi connectivity index (χ0) is 21.2. The molecular weight excluding hydrogens is 448 g/mol. The molecule has 0 aliphatic heterocycles. The normalized spacial score (nSPS) is 11.0. The lowest BCUT2D eigenvalue weighted by Crippen LogP contribution is -2.18. The van der Waals surface area contributed by atoms with Crippen molar-refractivity contribution in [3.63, 3.8) is 0 Å². The van der Waals surface area contributed by atoms with Gasteiger partial charge in [0.25, 0.3) is 0 Å². The van der Waals surface area contributed by atoms with Crippen LogP contribution in [0.4, 0.5) is 5.82 Å². The van der Waals surface area contributed by atoms with Crippen LogP contribution in [0.25, 0.3) is 27.8 Å². The fourth-order valence-electron chi connectivity index (χ4n) is 3.90. The van der Waals surface area contributed by atoms with Crippen LogP contribution in [0.1, 0.15) is 5.56 Å². The Morgan fingerprint density at radius 1 is 0.839 bits per heavy atom. The van der Waals surface area contributed by atoms with E-state index in [1.54, 1.807) is 6.33 Å².